The average Bonchev–Trinajstić information content (AvgIpc) is 2.70. The molecule has 1 saturated heterocycles. The van der Waals surface area contributed by atoms with E-state index < -0.39 is 0 Å². The summed E-state index contributed by atoms with van der Waals surface area (Å²) in [6, 6.07) is 9.77. The standard InChI is InChI=1S/C17H23N3O/c1-14-7-3-2-6-11-20(14)12-10-17(21)19-16-9-5-4-8-15(16)13-18/h4-5,8-9,14H,2-3,6-7,10-12H2,1H3,(H,19,21). The first-order chi connectivity index (χ1) is 10.2. The van der Waals surface area contributed by atoms with Crippen molar-refractivity contribution in [2.75, 3.05) is 18.4 Å². The summed E-state index contributed by atoms with van der Waals surface area (Å²) in [5.41, 5.74) is 1.11. The zero-order valence-corrected chi connectivity index (χ0v) is 12.6. The maximum atomic E-state index is 12.1. The molecular weight excluding hydrogens is 262 g/mol. The molecule has 1 unspecified atom stereocenters. The van der Waals surface area contributed by atoms with Crippen molar-refractivity contribution >= 4 is 11.6 Å². The number of hydrogen-bond acceptors (Lipinski definition) is 3. The lowest BCUT2D eigenvalue weighted by atomic mass is 10.1. The third-order valence-electron chi connectivity index (χ3n) is 4.14. The van der Waals surface area contributed by atoms with Crippen LogP contribution >= 0.6 is 0 Å². The number of amides is 1. The lowest BCUT2D eigenvalue weighted by Crippen LogP contribution is -2.35. The Morgan fingerprint density at radius 2 is 2.19 bits per heavy atom. The van der Waals surface area contributed by atoms with Crippen LogP contribution in [0.2, 0.25) is 0 Å². The number of hydrogen-bond donors (Lipinski definition) is 1. The van der Waals surface area contributed by atoms with E-state index in [0.717, 1.165) is 13.1 Å². The predicted octanol–water partition coefficient (Wildman–Crippen LogP) is 3.15. The van der Waals surface area contributed by atoms with Gasteiger partial charge in [-0.2, -0.15) is 5.26 Å². The van der Waals surface area contributed by atoms with Gasteiger partial charge in [-0.25, -0.2) is 0 Å². The van der Waals surface area contributed by atoms with E-state index in [9.17, 15) is 4.79 Å². The van der Waals surface area contributed by atoms with Crippen molar-refractivity contribution in [3.63, 3.8) is 0 Å². The van der Waals surface area contributed by atoms with Crippen LogP contribution in [0.15, 0.2) is 24.3 Å². The van der Waals surface area contributed by atoms with Crippen molar-refractivity contribution in [3.8, 4) is 6.07 Å². The zero-order valence-electron chi connectivity index (χ0n) is 12.6. The minimum atomic E-state index is -0.0193. The summed E-state index contributed by atoms with van der Waals surface area (Å²) in [5.74, 6) is -0.0193. The summed E-state index contributed by atoms with van der Waals surface area (Å²) in [5, 5.41) is 11.9. The molecule has 1 heterocycles. The van der Waals surface area contributed by atoms with Gasteiger partial charge in [-0.3, -0.25) is 4.79 Å². The van der Waals surface area contributed by atoms with E-state index in [1.165, 1.54) is 25.7 Å². The first-order valence-corrected chi connectivity index (χ1v) is 7.73. The molecule has 1 aliphatic rings. The van der Waals surface area contributed by atoms with Gasteiger partial charge in [0.2, 0.25) is 5.91 Å². The monoisotopic (exact) mass is 285 g/mol. The highest BCUT2D eigenvalue weighted by Gasteiger charge is 2.17. The molecule has 4 nitrogen and oxygen atoms in total. The number of carbonyl (C=O) groups is 1. The summed E-state index contributed by atoms with van der Waals surface area (Å²) in [7, 11) is 0. The van der Waals surface area contributed by atoms with Crippen molar-refractivity contribution < 1.29 is 4.79 Å². The Labute approximate surface area is 126 Å². The molecule has 21 heavy (non-hydrogen) atoms. The Kier molecular flexibility index (Phi) is 5.77. The molecule has 0 bridgehead atoms. The minimum Gasteiger partial charge on any atom is -0.325 e. The van der Waals surface area contributed by atoms with Gasteiger partial charge in [-0.15, -0.1) is 0 Å². The van der Waals surface area contributed by atoms with Crippen LogP contribution in [0.4, 0.5) is 5.69 Å². The maximum absolute atomic E-state index is 12.1. The van der Waals surface area contributed by atoms with Crippen molar-refractivity contribution in [2.24, 2.45) is 0 Å². The fourth-order valence-electron chi connectivity index (χ4n) is 2.81. The molecule has 1 fully saturated rings. The highest BCUT2D eigenvalue weighted by molar-refractivity contribution is 5.92. The molecule has 2 rings (SSSR count). The summed E-state index contributed by atoms with van der Waals surface area (Å²) < 4.78 is 0. The molecule has 0 aliphatic carbocycles. The van der Waals surface area contributed by atoms with Gasteiger partial charge in [0.05, 0.1) is 11.3 Å². The lowest BCUT2D eigenvalue weighted by Gasteiger charge is -2.26. The van der Waals surface area contributed by atoms with Crippen LogP contribution in [0.5, 0.6) is 0 Å². The van der Waals surface area contributed by atoms with E-state index in [2.05, 4.69) is 23.2 Å². The molecule has 1 atom stereocenters. The van der Waals surface area contributed by atoms with Crippen molar-refractivity contribution in [3.05, 3.63) is 29.8 Å². The fraction of sp³-hybridized carbons (Fsp3) is 0.529. The van der Waals surface area contributed by atoms with E-state index >= 15 is 0 Å². The molecule has 0 aromatic heterocycles. The van der Waals surface area contributed by atoms with E-state index in [4.69, 9.17) is 5.26 Å². The minimum absolute atomic E-state index is 0.0193. The van der Waals surface area contributed by atoms with Crippen LogP contribution in [0.1, 0.15) is 44.6 Å². The van der Waals surface area contributed by atoms with Crippen molar-refractivity contribution in [1.29, 1.82) is 5.26 Å². The van der Waals surface area contributed by atoms with E-state index in [1.807, 2.05) is 6.07 Å². The van der Waals surface area contributed by atoms with Crippen LogP contribution in [0, 0.1) is 11.3 Å². The number of nitrogens with zero attached hydrogens (tertiary/aromatic N) is 2. The third-order valence-corrected chi connectivity index (χ3v) is 4.14. The molecule has 1 N–H and O–H groups in total. The number of benzene rings is 1. The highest BCUT2D eigenvalue weighted by Crippen LogP contribution is 2.17. The van der Waals surface area contributed by atoms with Crippen LogP contribution in [-0.4, -0.2) is 29.9 Å². The molecule has 4 heteroatoms. The second kappa shape index (κ2) is 7.80. The fourth-order valence-corrected chi connectivity index (χ4v) is 2.81. The van der Waals surface area contributed by atoms with Crippen molar-refractivity contribution in [1.82, 2.24) is 4.90 Å². The Balaban J connectivity index is 1.86. The van der Waals surface area contributed by atoms with E-state index in [1.54, 1.807) is 18.2 Å². The van der Waals surface area contributed by atoms with Crippen LogP contribution in [0.3, 0.4) is 0 Å². The summed E-state index contributed by atoms with van der Waals surface area (Å²) >= 11 is 0. The Morgan fingerprint density at radius 3 is 3.00 bits per heavy atom. The largest absolute Gasteiger partial charge is 0.325 e. The Morgan fingerprint density at radius 1 is 1.38 bits per heavy atom. The molecule has 1 aromatic rings. The molecule has 112 valence electrons. The van der Waals surface area contributed by atoms with Crippen LogP contribution in [0.25, 0.3) is 0 Å². The van der Waals surface area contributed by atoms with Gasteiger partial charge in [-0.05, 0) is 38.4 Å². The normalized spacial score (nSPS) is 19.5. The number of nitriles is 1. The number of nitrogens with one attached hydrogen (secondary N) is 1. The van der Waals surface area contributed by atoms with E-state index in [0.29, 0.717) is 23.7 Å². The van der Waals surface area contributed by atoms with Crippen LogP contribution in [-0.2, 0) is 4.79 Å². The average molecular weight is 285 g/mol. The first-order valence-electron chi connectivity index (χ1n) is 7.73. The maximum Gasteiger partial charge on any atom is 0.225 e. The van der Waals surface area contributed by atoms with Gasteiger partial charge in [0.15, 0.2) is 0 Å². The van der Waals surface area contributed by atoms with Gasteiger partial charge in [0.25, 0.3) is 0 Å². The molecule has 1 amide bonds. The van der Waals surface area contributed by atoms with Gasteiger partial charge in [-0.1, -0.05) is 25.0 Å². The summed E-state index contributed by atoms with van der Waals surface area (Å²) in [6.45, 7) is 4.12. The molecule has 1 aromatic carbocycles. The number of likely N-dealkylation sites (tertiary alicyclic amines) is 1. The molecule has 0 saturated carbocycles. The second-order valence-electron chi connectivity index (χ2n) is 5.69. The number of para-hydroxylation sites is 1. The second-order valence-corrected chi connectivity index (χ2v) is 5.69. The Hall–Kier alpha value is -1.86. The quantitative estimate of drug-likeness (QED) is 0.924. The topological polar surface area (TPSA) is 56.1 Å². The number of rotatable bonds is 4. The van der Waals surface area contributed by atoms with Gasteiger partial charge < -0.3 is 10.2 Å². The number of anilines is 1. The Bertz CT molecular complexity index is 521. The number of carbonyl (C=O) groups excluding carboxylic acids is 1. The smallest absolute Gasteiger partial charge is 0.225 e. The van der Waals surface area contributed by atoms with Gasteiger partial charge in [0, 0.05) is 19.0 Å². The molecule has 0 spiro atoms. The summed E-state index contributed by atoms with van der Waals surface area (Å²) in [6.07, 6.45) is 5.51. The zero-order chi connectivity index (χ0) is 15.1. The van der Waals surface area contributed by atoms with E-state index in [-0.39, 0.29) is 5.91 Å². The third kappa shape index (κ3) is 4.57. The predicted molar refractivity (Wildman–Crippen MR) is 83.9 cm³/mol. The first kappa shape index (κ1) is 15.5. The summed E-state index contributed by atoms with van der Waals surface area (Å²) in [4.78, 5) is 14.5. The molecular formula is C17H23N3O. The van der Waals surface area contributed by atoms with Gasteiger partial charge >= 0.3 is 0 Å². The lowest BCUT2D eigenvalue weighted by molar-refractivity contribution is -0.116. The van der Waals surface area contributed by atoms with Crippen LogP contribution < -0.4 is 5.32 Å². The molecule has 1 aliphatic heterocycles. The SMILES string of the molecule is CC1CCCCCN1CCC(=O)Nc1ccccc1C#N. The highest BCUT2D eigenvalue weighted by atomic mass is 16.1. The van der Waals surface area contributed by atoms with Crippen molar-refractivity contribution in [2.45, 2.75) is 45.1 Å². The van der Waals surface area contributed by atoms with Gasteiger partial charge in [0.1, 0.15) is 6.07 Å². The molecule has 0 radical (unpaired) electrons.